The number of carbonyl (C=O) groups excluding carboxylic acids is 1. The Bertz CT molecular complexity index is 1410. The Morgan fingerprint density at radius 3 is 2.94 bits per heavy atom. The van der Waals surface area contributed by atoms with Gasteiger partial charge in [0.05, 0.1) is 17.6 Å². The fourth-order valence-corrected chi connectivity index (χ4v) is 4.42. The number of hydrogen-bond acceptors (Lipinski definition) is 7. The van der Waals surface area contributed by atoms with Gasteiger partial charge in [0.1, 0.15) is 17.6 Å². The molecule has 10 nitrogen and oxygen atoms in total. The summed E-state index contributed by atoms with van der Waals surface area (Å²) >= 11 is 0. The van der Waals surface area contributed by atoms with E-state index in [9.17, 15) is 4.79 Å². The molecule has 1 amide bonds. The van der Waals surface area contributed by atoms with Crippen molar-refractivity contribution in [2.75, 3.05) is 18.4 Å². The van der Waals surface area contributed by atoms with E-state index < -0.39 is 0 Å². The molecule has 172 valence electrons. The smallest absolute Gasteiger partial charge is 0.262 e. The largest absolute Gasteiger partial charge is 0.451 e. The Kier molecular flexibility index (Phi) is 5.06. The highest BCUT2D eigenvalue weighted by atomic mass is 16.3. The number of hydrogen-bond donors (Lipinski definition) is 1. The second-order valence-corrected chi connectivity index (χ2v) is 8.81. The Morgan fingerprint density at radius 2 is 2.15 bits per heavy atom. The molecule has 0 bridgehead atoms. The molecule has 5 heterocycles. The Balaban J connectivity index is 1.26. The van der Waals surface area contributed by atoms with Crippen LogP contribution in [-0.4, -0.2) is 53.3 Å². The minimum Gasteiger partial charge on any atom is -0.451 e. The molecule has 4 aromatic heterocycles. The molecule has 0 unspecified atom stereocenters. The van der Waals surface area contributed by atoms with Crippen LogP contribution in [0.15, 0.2) is 65.5 Å². The van der Waals surface area contributed by atoms with Crippen LogP contribution in [0.5, 0.6) is 0 Å². The van der Waals surface area contributed by atoms with Crippen molar-refractivity contribution in [1.29, 1.82) is 0 Å². The second-order valence-electron chi connectivity index (χ2n) is 8.81. The number of anilines is 1. The third-order valence-electron chi connectivity index (χ3n) is 6.35. The van der Waals surface area contributed by atoms with E-state index in [2.05, 4.69) is 44.4 Å². The number of likely N-dealkylation sites (tertiary alicyclic amines) is 1. The monoisotopic (exact) mass is 456 g/mol. The highest BCUT2D eigenvalue weighted by molar-refractivity contribution is 6.08. The minimum atomic E-state index is -0.259. The molecule has 1 N–H and O–H groups in total. The Morgan fingerprint density at radius 1 is 1.24 bits per heavy atom. The zero-order valence-electron chi connectivity index (χ0n) is 18.8. The molecule has 1 fully saturated rings. The van der Waals surface area contributed by atoms with E-state index in [1.165, 1.54) is 12.0 Å². The molecule has 1 aliphatic carbocycles. The first-order chi connectivity index (χ1) is 16.6. The van der Waals surface area contributed by atoms with Gasteiger partial charge in [-0.05, 0) is 31.9 Å². The SMILES string of the molecule is CC1=CC=C(n2nc(C3CN(Cc4cocn4)C3)cc2NC(=O)c2cnn3cccnc23)CC1. The lowest BCUT2D eigenvalue weighted by molar-refractivity contribution is 0.102. The molecule has 0 spiro atoms. The molecule has 4 aromatic rings. The van der Waals surface area contributed by atoms with E-state index in [1.807, 2.05) is 10.7 Å². The summed E-state index contributed by atoms with van der Waals surface area (Å²) in [6.45, 7) is 4.65. The topological polar surface area (TPSA) is 106 Å². The summed E-state index contributed by atoms with van der Waals surface area (Å²) in [4.78, 5) is 24.0. The highest BCUT2D eigenvalue weighted by Crippen LogP contribution is 2.32. The number of aromatic nitrogens is 6. The number of oxazole rings is 1. The first-order valence-corrected chi connectivity index (χ1v) is 11.3. The maximum absolute atomic E-state index is 13.2. The van der Waals surface area contributed by atoms with Gasteiger partial charge >= 0.3 is 0 Å². The first kappa shape index (κ1) is 20.5. The van der Waals surface area contributed by atoms with Gasteiger partial charge in [-0.15, -0.1) is 0 Å². The molecule has 1 saturated heterocycles. The summed E-state index contributed by atoms with van der Waals surface area (Å²) in [5.74, 6) is 0.694. The summed E-state index contributed by atoms with van der Waals surface area (Å²) in [6.07, 6.45) is 14.1. The van der Waals surface area contributed by atoms with E-state index in [0.29, 0.717) is 22.9 Å². The average Bonchev–Trinajstić information content (AvgIpc) is 3.56. The van der Waals surface area contributed by atoms with Crippen molar-refractivity contribution in [3.63, 3.8) is 0 Å². The molecule has 10 heteroatoms. The van der Waals surface area contributed by atoms with Gasteiger partial charge in [-0.1, -0.05) is 11.6 Å². The number of carbonyl (C=O) groups is 1. The molecule has 2 aliphatic rings. The van der Waals surface area contributed by atoms with Gasteiger partial charge in [-0.2, -0.15) is 10.2 Å². The maximum Gasteiger partial charge on any atom is 0.262 e. The van der Waals surface area contributed by atoms with Crippen LogP contribution >= 0.6 is 0 Å². The van der Waals surface area contributed by atoms with Crippen LogP contribution in [0.2, 0.25) is 0 Å². The molecule has 6 rings (SSSR count). The van der Waals surface area contributed by atoms with Gasteiger partial charge in [0.2, 0.25) is 0 Å². The molecular formula is C24H24N8O2. The fourth-order valence-electron chi connectivity index (χ4n) is 4.42. The summed E-state index contributed by atoms with van der Waals surface area (Å²) < 4.78 is 8.53. The van der Waals surface area contributed by atoms with Gasteiger partial charge in [0, 0.05) is 49.7 Å². The molecule has 34 heavy (non-hydrogen) atoms. The number of rotatable bonds is 6. The van der Waals surface area contributed by atoms with Crippen molar-refractivity contribution in [3.05, 3.63) is 78.1 Å². The predicted octanol–water partition coefficient (Wildman–Crippen LogP) is 3.35. The number of nitrogens with one attached hydrogen (secondary N) is 1. The lowest BCUT2D eigenvalue weighted by atomic mass is 9.96. The Hall–Kier alpha value is -4.05. The highest BCUT2D eigenvalue weighted by Gasteiger charge is 2.32. The first-order valence-electron chi connectivity index (χ1n) is 11.3. The maximum atomic E-state index is 13.2. The van der Waals surface area contributed by atoms with Crippen molar-refractivity contribution in [3.8, 4) is 0 Å². The van der Waals surface area contributed by atoms with E-state index >= 15 is 0 Å². The van der Waals surface area contributed by atoms with Gasteiger partial charge in [-0.25, -0.2) is 19.2 Å². The van der Waals surface area contributed by atoms with Gasteiger partial charge < -0.3 is 9.73 Å². The van der Waals surface area contributed by atoms with Gasteiger partial charge in [-0.3, -0.25) is 9.69 Å². The van der Waals surface area contributed by atoms with E-state index in [4.69, 9.17) is 9.52 Å². The molecule has 0 saturated carbocycles. The van der Waals surface area contributed by atoms with Crippen molar-refractivity contribution in [2.45, 2.75) is 32.2 Å². The van der Waals surface area contributed by atoms with Crippen LogP contribution in [0.25, 0.3) is 11.3 Å². The number of amides is 1. The summed E-state index contributed by atoms with van der Waals surface area (Å²) in [5, 5.41) is 12.2. The normalized spacial score (nSPS) is 16.9. The minimum absolute atomic E-state index is 0.259. The third-order valence-corrected chi connectivity index (χ3v) is 6.35. The standard InChI is InChI=1S/C24H24N8O2/c1-16-3-5-19(6-4-16)32-22(28-24(33)20-10-27-31-8-2-7-25-23(20)31)9-21(29-32)17-11-30(12-17)13-18-14-34-15-26-18/h2-3,5,7-10,14-15,17H,4,6,11-13H2,1H3,(H,28,33). The van der Waals surface area contributed by atoms with Crippen LogP contribution in [0, 0.1) is 0 Å². The number of nitrogens with zero attached hydrogens (tertiary/aromatic N) is 7. The quantitative estimate of drug-likeness (QED) is 0.474. The van der Waals surface area contributed by atoms with E-state index in [-0.39, 0.29) is 5.91 Å². The van der Waals surface area contributed by atoms with Crippen molar-refractivity contribution < 1.29 is 9.21 Å². The molecular weight excluding hydrogens is 432 g/mol. The van der Waals surface area contributed by atoms with Crippen molar-refractivity contribution in [2.24, 2.45) is 0 Å². The van der Waals surface area contributed by atoms with Crippen LogP contribution in [0.1, 0.15) is 47.4 Å². The van der Waals surface area contributed by atoms with Crippen molar-refractivity contribution in [1.82, 2.24) is 34.3 Å². The number of fused-ring (bicyclic) bond motifs is 1. The van der Waals surface area contributed by atoms with E-state index in [1.54, 1.807) is 35.4 Å². The summed E-state index contributed by atoms with van der Waals surface area (Å²) in [7, 11) is 0. The zero-order valence-corrected chi connectivity index (χ0v) is 18.8. The third kappa shape index (κ3) is 3.81. The van der Waals surface area contributed by atoms with E-state index in [0.717, 1.165) is 49.6 Å². The molecule has 0 atom stereocenters. The summed E-state index contributed by atoms with van der Waals surface area (Å²) in [6, 6.07) is 3.76. The second kappa shape index (κ2) is 8.38. The van der Waals surface area contributed by atoms with Crippen LogP contribution in [0.3, 0.4) is 0 Å². The van der Waals surface area contributed by atoms with Crippen molar-refractivity contribution >= 4 is 23.1 Å². The van der Waals surface area contributed by atoms with Crippen LogP contribution in [-0.2, 0) is 6.54 Å². The lowest BCUT2D eigenvalue weighted by Crippen LogP contribution is -2.44. The van der Waals surface area contributed by atoms with Gasteiger partial charge in [0.15, 0.2) is 12.0 Å². The predicted molar refractivity (Wildman–Crippen MR) is 125 cm³/mol. The lowest BCUT2D eigenvalue weighted by Gasteiger charge is -2.37. The van der Waals surface area contributed by atoms with Crippen LogP contribution in [0.4, 0.5) is 5.82 Å². The average molecular weight is 457 g/mol. The van der Waals surface area contributed by atoms with Gasteiger partial charge in [0.25, 0.3) is 5.91 Å². The molecule has 0 radical (unpaired) electrons. The number of allylic oxidation sites excluding steroid dienone is 4. The zero-order chi connectivity index (χ0) is 23.1. The fraction of sp³-hybridized carbons (Fsp3) is 0.292. The van der Waals surface area contributed by atoms with Crippen LogP contribution < -0.4 is 5.32 Å². The molecule has 1 aliphatic heterocycles. The molecule has 0 aromatic carbocycles. The Labute approximate surface area is 195 Å². The summed E-state index contributed by atoms with van der Waals surface area (Å²) in [5.41, 5.74) is 5.23.